The predicted octanol–water partition coefficient (Wildman–Crippen LogP) is 1.64. The fraction of sp³-hybridized carbons (Fsp3) is 1.00. The van der Waals surface area contributed by atoms with Gasteiger partial charge in [-0.15, -0.1) is 0 Å². The number of nitrogens with one attached hydrogen (secondary N) is 1. The van der Waals surface area contributed by atoms with E-state index in [-0.39, 0.29) is 0 Å². The average Bonchev–Trinajstić information content (AvgIpc) is 1.67. The Bertz CT molecular complexity index is 64.8. The van der Waals surface area contributed by atoms with Crippen LogP contribution in [0.2, 0.25) is 0 Å². The molecular formula is C7H17N. The Morgan fingerprint density at radius 1 is 1.25 bits per heavy atom. The fourth-order valence-electron chi connectivity index (χ4n) is 0.289. The molecule has 0 aliphatic carbocycles. The molecule has 0 rings (SSSR count). The van der Waals surface area contributed by atoms with E-state index in [0.717, 1.165) is 0 Å². The molecule has 0 radical (unpaired) electrons. The monoisotopic (exact) mass is 115 g/mol. The highest BCUT2D eigenvalue weighted by atomic mass is 14.9. The maximum atomic E-state index is 3.24. The molecule has 0 unspecified atom stereocenters. The van der Waals surface area contributed by atoms with E-state index in [1.54, 1.807) is 0 Å². The molecule has 0 spiro atoms. The molecule has 0 bridgehead atoms. The van der Waals surface area contributed by atoms with Gasteiger partial charge in [-0.1, -0.05) is 13.8 Å². The minimum atomic E-state index is 0.292. The lowest BCUT2D eigenvalue weighted by Gasteiger charge is -2.28. The molecule has 0 heterocycles. The highest BCUT2D eigenvalue weighted by molar-refractivity contribution is 4.78. The summed E-state index contributed by atoms with van der Waals surface area (Å²) < 4.78 is 0. The molecular weight excluding hydrogens is 98.1 g/mol. The summed E-state index contributed by atoms with van der Waals surface area (Å²) in [5.41, 5.74) is 0.292. The van der Waals surface area contributed by atoms with E-state index in [1.165, 1.54) is 0 Å². The van der Waals surface area contributed by atoms with E-state index >= 15 is 0 Å². The molecule has 0 amide bonds. The first kappa shape index (κ1) is 7.96. The number of hydrogen-bond donors (Lipinski definition) is 1. The van der Waals surface area contributed by atoms with Crippen LogP contribution in [-0.2, 0) is 0 Å². The van der Waals surface area contributed by atoms with Gasteiger partial charge in [0.2, 0.25) is 0 Å². The van der Waals surface area contributed by atoms with Crippen LogP contribution in [0.25, 0.3) is 0 Å². The van der Waals surface area contributed by atoms with Crippen LogP contribution in [0.3, 0.4) is 0 Å². The van der Waals surface area contributed by atoms with Gasteiger partial charge in [-0.25, -0.2) is 0 Å². The quantitative estimate of drug-likeness (QED) is 0.577. The van der Waals surface area contributed by atoms with E-state index in [1.807, 2.05) is 7.05 Å². The summed E-state index contributed by atoms with van der Waals surface area (Å²) in [6.45, 7) is 8.85. The number of hydrogen-bond acceptors (Lipinski definition) is 1. The first-order valence-electron chi connectivity index (χ1n) is 3.19. The smallest absolute Gasteiger partial charge is 0.0145 e. The molecule has 0 aromatic carbocycles. The van der Waals surface area contributed by atoms with Crippen molar-refractivity contribution < 1.29 is 0 Å². The Morgan fingerprint density at radius 2 is 1.62 bits per heavy atom. The maximum Gasteiger partial charge on any atom is 0.0145 e. The van der Waals surface area contributed by atoms with Crippen molar-refractivity contribution in [3.8, 4) is 0 Å². The fourth-order valence-corrected chi connectivity index (χ4v) is 0.289. The molecule has 1 heteroatoms. The van der Waals surface area contributed by atoms with Gasteiger partial charge in [0.05, 0.1) is 0 Å². The summed E-state index contributed by atoms with van der Waals surface area (Å²) in [5.74, 6) is 0.701. The van der Waals surface area contributed by atoms with Crippen LogP contribution in [0, 0.1) is 5.92 Å². The van der Waals surface area contributed by atoms with Crippen LogP contribution in [0.5, 0.6) is 0 Å². The number of rotatable bonds is 2. The van der Waals surface area contributed by atoms with Crippen molar-refractivity contribution in [2.24, 2.45) is 5.92 Å². The minimum absolute atomic E-state index is 0.292. The second-order valence-electron chi connectivity index (χ2n) is 3.13. The average molecular weight is 115 g/mol. The van der Waals surface area contributed by atoms with Crippen LogP contribution in [0.4, 0.5) is 0 Å². The Morgan fingerprint density at radius 3 is 1.62 bits per heavy atom. The van der Waals surface area contributed by atoms with Crippen molar-refractivity contribution in [2.75, 3.05) is 7.05 Å². The van der Waals surface area contributed by atoms with E-state index < -0.39 is 0 Å². The van der Waals surface area contributed by atoms with Crippen molar-refractivity contribution in [2.45, 2.75) is 33.2 Å². The Balaban J connectivity index is 3.71. The van der Waals surface area contributed by atoms with Gasteiger partial charge in [0, 0.05) is 5.54 Å². The van der Waals surface area contributed by atoms with E-state index in [4.69, 9.17) is 0 Å². The van der Waals surface area contributed by atoms with Gasteiger partial charge in [-0.05, 0) is 26.8 Å². The van der Waals surface area contributed by atoms with E-state index in [9.17, 15) is 0 Å². The zero-order chi connectivity index (χ0) is 6.78. The lowest BCUT2D eigenvalue weighted by Crippen LogP contribution is -2.41. The van der Waals surface area contributed by atoms with Gasteiger partial charge in [0.1, 0.15) is 0 Å². The lowest BCUT2D eigenvalue weighted by molar-refractivity contribution is 0.310. The van der Waals surface area contributed by atoms with Crippen LogP contribution < -0.4 is 5.32 Å². The lowest BCUT2D eigenvalue weighted by atomic mass is 9.91. The van der Waals surface area contributed by atoms with Gasteiger partial charge in [0.25, 0.3) is 0 Å². The standard InChI is InChI=1S/C7H17N/c1-6(2)7(3,4)8-5/h6,8H,1-5H3. The molecule has 0 saturated carbocycles. The van der Waals surface area contributed by atoms with Crippen molar-refractivity contribution in [3.05, 3.63) is 0 Å². The molecule has 1 nitrogen and oxygen atoms in total. The summed E-state index contributed by atoms with van der Waals surface area (Å²) in [7, 11) is 2.00. The Hall–Kier alpha value is -0.0400. The first-order chi connectivity index (χ1) is 3.50. The molecule has 0 aromatic rings. The molecule has 50 valence electrons. The van der Waals surface area contributed by atoms with Crippen molar-refractivity contribution in [3.63, 3.8) is 0 Å². The van der Waals surface area contributed by atoms with Gasteiger partial charge in [-0.3, -0.25) is 0 Å². The third-order valence-electron chi connectivity index (χ3n) is 2.09. The van der Waals surface area contributed by atoms with Crippen molar-refractivity contribution in [1.29, 1.82) is 0 Å². The normalized spacial score (nSPS) is 12.8. The van der Waals surface area contributed by atoms with Crippen LogP contribution >= 0.6 is 0 Å². The van der Waals surface area contributed by atoms with Crippen molar-refractivity contribution in [1.82, 2.24) is 5.32 Å². The summed E-state index contributed by atoms with van der Waals surface area (Å²) >= 11 is 0. The summed E-state index contributed by atoms with van der Waals surface area (Å²) in [6.07, 6.45) is 0. The molecule has 8 heavy (non-hydrogen) atoms. The molecule has 0 aromatic heterocycles. The molecule has 0 atom stereocenters. The Labute approximate surface area is 52.5 Å². The molecule has 0 aliphatic heterocycles. The zero-order valence-corrected chi connectivity index (χ0v) is 6.58. The zero-order valence-electron chi connectivity index (χ0n) is 6.58. The second-order valence-corrected chi connectivity index (χ2v) is 3.13. The van der Waals surface area contributed by atoms with E-state index in [2.05, 4.69) is 33.0 Å². The largest absolute Gasteiger partial charge is 0.315 e. The Kier molecular flexibility index (Phi) is 2.48. The van der Waals surface area contributed by atoms with Crippen LogP contribution in [0.1, 0.15) is 27.7 Å². The molecule has 0 fully saturated rings. The van der Waals surface area contributed by atoms with Gasteiger partial charge >= 0.3 is 0 Å². The topological polar surface area (TPSA) is 12.0 Å². The summed E-state index contributed by atoms with van der Waals surface area (Å²) in [5, 5.41) is 3.24. The minimum Gasteiger partial charge on any atom is -0.315 e. The first-order valence-corrected chi connectivity index (χ1v) is 3.19. The maximum absolute atomic E-state index is 3.24. The second kappa shape index (κ2) is 2.49. The molecule has 0 saturated heterocycles. The van der Waals surface area contributed by atoms with Crippen LogP contribution in [-0.4, -0.2) is 12.6 Å². The highest BCUT2D eigenvalue weighted by Crippen LogP contribution is 2.13. The van der Waals surface area contributed by atoms with Crippen molar-refractivity contribution >= 4 is 0 Å². The summed E-state index contributed by atoms with van der Waals surface area (Å²) in [4.78, 5) is 0. The predicted molar refractivity (Wildman–Crippen MR) is 38.0 cm³/mol. The highest BCUT2D eigenvalue weighted by Gasteiger charge is 2.18. The van der Waals surface area contributed by atoms with E-state index in [0.29, 0.717) is 11.5 Å². The summed E-state index contributed by atoms with van der Waals surface area (Å²) in [6, 6.07) is 0. The van der Waals surface area contributed by atoms with Crippen LogP contribution in [0.15, 0.2) is 0 Å². The molecule has 0 aliphatic rings. The molecule has 1 N–H and O–H groups in total. The third kappa shape index (κ3) is 1.83. The van der Waals surface area contributed by atoms with Gasteiger partial charge in [0.15, 0.2) is 0 Å². The SMILES string of the molecule is CNC(C)(C)C(C)C. The van der Waals surface area contributed by atoms with Gasteiger partial charge in [-0.2, -0.15) is 0 Å². The van der Waals surface area contributed by atoms with Gasteiger partial charge < -0.3 is 5.32 Å². The third-order valence-corrected chi connectivity index (χ3v) is 2.09.